The Hall–Kier alpha value is -1.09. The molecule has 11 N–H and O–H groups in total. The van der Waals surface area contributed by atoms with Gasteiger partial charge in [0.05, 0.1) is 0 Å². The van der Waals surface area contributed by atoms with Gasteiger partial charge in [-0.2, -0.15) is 0 Å². The summed E-state index contributed by atoms with van der Waals surface area (Å²) in [5.74, 6) is 0. The average molecular weight is 248 g/mol. The number of nitrogens with zero attached hydrogens (tertiary/aromatic N) is 2. The Morgan fingerprint density at radius 1 is 1.08 bits per heavy atom. The molecule has 0 aliphatic heterocycles. The Labute approximate surface area is 84.2 Å². The second-order valence-electron chi connectivity index (χ2n) is 0.312. The third kappa shape index (κ3) is 724. The fourth-order valence-electron chi connectivity index (χ4n) is 0. The molecule has 0 atom stereocenters. The minimum Gasteiger partial charge on any atom is -0.693 e. The van der Waals surface area contributed by atoms with Crippen LogP contribution in [0.5, 0.6) is 0 Å². The van der Waals surface area contributed by atoms with Gasteiger partial charge in [0.25, 0.3) is 5.09 Å². The Bertz CT molecular complexity index is 63.9. The van der Waals surface area contributed by atoms with Crippen molar-refractivity contribution in [2.45, 2.75) is 0 Å². The predicted molar refractivity (Wildman–Crippen MR) is 44.4 cm³/mol. The Morgan fingerprint density at radius 3 is 1.08 bits per heavy atom. The zero-order valence-corrected chi connectivity index (χ0v) is 7.24. The van der Waals surface area contributed by atoms with Crippen molar-refractivity contribution in [3.05, 3.63) is 51.0 Å². The van der Waals surface area contributed by atoms with Crippen LogP contribution < -0.4 is 0 Å². The zero-order chi connectivity index (χ0) is 6.28. The van der Waals surface area contributed by atoms with Crippen LogP contribution in [0.1, 0.15) is 0 Å². The van der Waals surface area contributed by atoms with E-state index in [2.05, 4.69) is 0 Å². The van der Waals surface area contributed by atoms with Crippen LogP contribution in [0.3, 0.4) is 0 Å². The molecule has 12 nitrogen and oxygen atoms in total. The normalized spacial score (nSPS) is 2.77. The van der Waals surface area contributed by atoms with Crippen molar-refractivity contribution in [2.75, 3.05) is 0 Å². The number of hydrogen-bond acceptors (Lipinski definition) is 5. The van der Waals surface area contributed by atoms with Gasteiger partial charge in [-0.1, -0.05) is 0 Å². The summed E-state index contributed by atoms with van der Waals surface area (Å²) in [6, 6.07) is 0. The Morgan fingerprint density at radius 2 is 1.08 bits per heavy atom. The largest absolute Gasteiger partial charge is 3.00 e. The molecule has 0 bridgehead atoms. The van der Waals surface area contributed by atoms with E-state index in [-0.39, 0.29) is 47.5 Å². The van der Waals surface area contributed by atoms with Gasteiger partial charge in [0.2, 0.25) is 0 Å². The van der Waals surface area contributed by atoms with E-state index in [1.165, 1.54) is 0 Å². The maximum atomic E-state index is 8.36. The Kier molecular flexibility index (Phi) is 905. The number of rotatable bonds is 0. The molecule has 0 saturated heterocycles. The van der Waals surface area contributed by atoms with Crippen LogP contribution in [-0.2, 0) is 16.8 Å². The van der Waals surface area contributed by atoms with E-state index in [0.717, 1.165) is 5.34 Å². The van der Waals surface area contributed by atoms with E-state index in [4.69, 9.17) is 25.4 Å². The number of nitrogens with two attached hydrogens (primary N) is 5. The zero-order valence-electron chi connectivity index (χ0n) is 6.19. The standard InChI is InChI=1S/Co.HNO3.HNO2.5H2N/c;2-1(3)4;2-1-3;;;;;/h;(H,2,3,4);(H,2,3);5*1H2/q+3;;;5*-1/p-1. The minimum atomic E-state index is -1.50. The summed E-state index contributed by atoms with van der Waals surface area (Å²) in [5.41, 5.74) is 0. The first kappa shape index (κ1) is 92.8. The molecule has 0 aromatic carbocycles. The number of hydrogen-bond donors (Lipinski definition) is 1. The van der Waals surface area contributed by atoms with Crippen LogP contribution >= 0.6 is 0 Å². The van der Waals surface area contributed by atoms with Crippen LogP contribution in [0.15, 0.2) is 5.34 Å². The third-order valence-corrected chi connectivity index (χ3v) is 0. The second kappa shape index (κ2) is 127. The van der Waals surface area contributed by atoms with Crippen LogP contribution in [-0.4, -0.2) is 10.3 Å². The van der Waals surface area contributed by atoms with Gasteiger partial charge in [0.1, 0.15) is 0 Å². The van der Waals surface area contributed by atoms with Crippen LogP contribution in [0.4, 0.5) is 0 Å². The minimum absolute atomic E-state index is 0. The van der Waals surface area contributed by atoms with Gasteiger partial charge in [-0.05, 0) is 0 Å². The molecule has 0 amide bonds. The van der Waals surface area contributed by atoms with Crippen molar-refractivity contribution >= 4 is 0 Å². The third-order valence-electron chi connectivity index (χ3n) is 0. The van der Waals surface area contributed by atoms with Gasteiger partial charge < -0.3 is 46.1 Å². The second-order valence-corrected chi connectivity index (χ2v) is 0.312. The molecular formula is H11CoN7O5-3. The van der Waals surface area contributed by atoms with Crippen molar-refractivity contribution in [3.63, 3.8) is 0 Å². The molecule has 0 saturated carbocycles. The molecule has 0 unspecified atom stereocenters. The molecule has 0 radical (unpaired) electrons. The summed E-state index contributed by atoms with van der Waals surface area (Å²) in [4.78, 5) is 16.4. The summed E-state index contributed by atoms with van der Waals surface area (Å²) < 4.78 is 0. The van der Waals surface area contributed by atoms with Crippen LogP contribution in [0.2, 0.25) is 0 Å². The Balaban J connectivity index is -0.00000000444. The smallest absolute Gasteiger partial charge is 0.693 e. The van der Waals surface area contributed by atoms with Crippen molar-refractivity contribution in [3.8, 4) is 0 Å². The molecule has 0 aliphatic carbocycles. The molecule has 0 aromatic rings. The van der Waals surface area contributed by atoms with E-state index in [0.29, 0.717) is 0 Å². The molecule has 0 fully saturated rings. The van der Waals surface area contributed by atoms with E-state index in [9.17, 15) is 0 Å². The summed E-state index contributed by atoms with van der Waals surface area (Å²) in [6.45, 7) is 0. The fourth-order valence-corrected chi connectivity index (χ4v) is 0. The van der Waals surface area contributed by atoms with Crippen molar-refractivity contribution < 1.29 is 27.1 Å². The first-order valence-corrected chi connectivity index (χ1v) is 0.930. The first-order chi connectivity index (χ1) is 3.15. The maximum absolute atomic E-state index is 8.36. The quantitative estimate of drug-likeness (QED) is 0.380. The molecule has 0 rings (SSSR count). The predicted octanol–water partition coefficient (Wildman–Crippen LogP) is 3.49. The molecule has 13 heteroatoms. The van der Waals surface area contributed by atoms with Gasteiger partial charge in [0, 0.05) is 0 Å². The monoisotopic (exact) mass is 248 g/mol. The van der Waals surface area contributed by atoms with Crippen LogP contribution in [0.25, 0.3) is 30.8 Å². The average Bonchev–Trinajstić information content (AvgIpc) is 1.33. The molecule has 88 valence electrons. The maximum Gasteiger partial charge on any atom is 3.00 e. The van der Waals surface area contributed by atoms with Gasteiger partial charge in [-0.25, -0.2) is 0 Å². The molecule has 13 heavy (non-hydrogen) atoms. The summed E-state index contributed by atoms with van der Waals surface area (Å²) >= 11 is 0. The summed E-state index contributed by atoms with van der Waals surface area (Å²) in [6.07, 6.45) is 0. The molecule has 0 aliphatic rings. The first-order valence-electron chi connectivity index (χ1n) is 0.930. The SMILES string of the molecule is O=N[O-].O=[N+]([O-])O.[Co+3].[NH2-].[NH2-].[NH2-].[NH2-].[NH2-]. The molecule has 0 heterocycles. The van der Waals surface area contributed by atoms with Gasteiger partial charge in [0.15, 0.2) is 0 Å². The van der Waals surface area contributed by atoms with E-state index >= 15 is 0 Å². The topological polar surface area (TPSA) is 283 Å². The van der Waals surface area contributed by atoms with Crippen molar-refractivity contribution in [1.82, 2.24) is 0 Å². The van der Waals surface area contributed by atoms with Gasteiger partial charge in [-0.15, -0.1) is 15.5 Å². The van der Waals surface area contributed by atoms with E-state index in [1.54, 1.807) is 0 Å². The summed E-state index contributed by atoms with van der Waals surface area (Å²) in [5, 5.41) is 22.6. The molecule has 0 spiro atoms. The van der Waals surface area contributed by atoms with E-state index in [1.807, 2.05) is 0 Å². The molecule has 0 aromatic heterocycles. The van der Waals surface area contributed by atoms with Gasteiger partial charge in [-0.3, -0.25) is 0 Å². The fraction of sp³-hybridized carbons (Fsp3) is 0. The summed E-state index contributed by atoms with van der Waals surface area (Å²) in [7, 11) is 0. The van der Waals surface area contributed by atoms with Crippen molar-refractivity contribution in [2.24, 2.45) is 5.34 Å². The molecular weight excluding hydrogens is 237 g/mol. The van der Waals surface area contributed by atoms with E-state index < -0.39 is 5.09 Å². The van der Waals surface area contributed by atoms with Crippen molar-refractivity contribution in [1.29, 1.82) is 0 Å². The van der Waals surface area contributed by atoms with Gasteiger partial charge >= 0.3 is 16.8 Å². The van der Waals surface area contributed by atoms with Crippen LogP contribution in [0, 0.1) is 20.2 Å².